The number of sulfonamides is 1. The monoisotopic (exact) mass is 422 g/mol. The average molecular weight is 423 g/mol. The lowest BCUT2D eigenvalue weighted by Gasteiger charge is -2.37. The quantitative estimate of drug-likeness (QED) is 0.733. The van der Waals surface area contributed by atoms with Gasteiger partial charge in [0, 0.05) is 17.3 Å². The van der Waals surface area contributed by atoms with Crippen LogP contribution in [0.3, 0.4) is 0 Å². The molecule has 0 bridgehead atoms. The average Bonchev–Trinajstić information content (AvgIpc) is 3.56. The molecular formula is C22H34N2O4S. The van der Waals surface area contributed by atoms with Gasteiger partial charge in [-0.2, -0.15) is 0 Å². The number of aromatic nitrogens is 1. The van der Waals surface area contributed by atoms with E-state index < -0.39 is 10.0 Å². The smallest absolute Gasteiger partial charge is 0.254 e. The number of fused-ring (bicyclic) bond motifs is 1. The highest BCUT2D eigenvalue weighted by atomic mass is 32.2. The van der Waals surface area contributed by atoms with Gasteiger partial charge in [-0.1, -0.05) is 19.4 Å². The van der Waals surface area contributed by atoms with Crippen LogP contribution in [0.15, 0.2) is 16.9 Å². The molecule has 0 spiro atoms. The summed E-state index contributed by atoms with van der Waals surface area (Å²) in [5, 5.41) is -0.260. The molecule has 7 heteroatoms. The second-order valence-corrected chi connectivity index (χ2v) is 11.1. The highest BCUT2D eigenvalue weighted by Crippen LogP contribution is 2.32. The molecule has 1 N–H and O–H groups in total. The minimum atomic E-state index is -3.32. The molecule has 2 fully saturated rings. The molecule has 2 heterocycles. The van der Waals surface area contributed by atoms with Crippen molar-refractivity contribution < 1.29 is 13.2 Å². The van der Waals surface area contributed by atoms with Gasteiger partial charge in [-0.05, 0) is 70.3 Å². The third-order valence-electron chi connectivity index (χ3n) is 7.05. The zero-order valence-electron chi connectivity index (χ0n) is 17.6. The first kappa shape index (κ1) is 21.1. The summed E-state index contributed by atoms with van der Waals surface area (Å²) in [6.07, 6.45) is 8.80. The number of hydrogen-bond acceptors (Lipinski definition) is 4. The third kappa shape index (κ3) is 4.62. The highest BCUT2D eigenvalue weighted by molar-refractivity contribution is 7.90. The Bertz CT molecular complexity index is 883. The van der Waals surface area contributed by atoms with E-state index in [0.717, 1.165) is 37.3 Å². The number of aryl methyl sites for hydroxylation is 2. The van der Waals surface area contributed by atoms with Crippen LogP contribution in [0.25, 0.3) is 0 Å². The van der Waals surface area contributed by atoms with Crippen molar-refractivity contribution in [3.63, 3.8) is 0 Å². The van der Waals surface area contributed by atoms with Gasteiger partial charge in [-0.25, -0.2) is 13.1 Å². The summed E-state index contributed by atoms with van der Waals surface area (Å²) in [7, 11) is -3.32. The van der Waals surface area contributed by atoms with Crippen molar-refractivity contribution in [2.75, 3.05) is 6.61 Å². The number of rotatable bonds is 7. The van der Waals surface area contributed by atoms with Crippen LogP contribution in [-0.4, -0.2) is 37.0 Å². The Balaban J connectivity index is 1.54. The Hall–Kier alpha value is -1.18. The van der Waals surface area contributed by atoms with Crippen LogP contribution < -0.4 is 10.3 Å². The Morgan fingerprint density at radius 3 is 2.48 bits per heavy atom. The Morgan fingerprint density at radius 2 is 1.83 bits per heavy atom. The molecule has 1 aliphatic heterocycles. The van der Waals surface area contributed by atoms with Gasteiger partial charge in [0.2, 0.25) is 10.0 Å². The Kier molecular flexibility index (Phi) is 6.19. The SMILES string of the molecule is CCC1CCC(OCC2C(NS(=O)(=O)C3CC3)CCc3ccc(C)c(=O)n32)CC1. The van der Waals surface area contributed by atoms with Gasteiger partial charge in [-0.3, -0.25) is 4.79 Å². The van der Waals surface area contributed by atoms with E-state index >= 15 is 0 Å². The van der Waals surface area contributed by atoms with Crippen LogP contribution in [0.4, 0.5) is 0 Å². The third-order valence-corrected chi connectivity index (χ3v) is 9.03. The van der Waals surface area contributed by atoms with Gasteiger partial charge in [-0.15, -0.1) is 0 Å². The maximum absolute atomic E-state index is 12.9. The van der Waals surface area contributed by atoms with Crippen LogP contribution in [0, 0.1) is 12.8 Å². The number of pyridine rings is 1. The lowest BCUT2D eigenvalue weighted by Crippen LogP contribution is -2.50. The van der Waals surface area contributed by atoms with E-state index in [-0.39, 0.29) is 29.0 Å². The van der Waals surface area contributed by atoms with Crippen LogP contribution >= 0.6 is 0 Å². The van der Waals surface area contributed by atoms with Crippen molar-refractivity contribution >= 4 is 10.0 Å². The van der Waals surface area contributed by atoms with Crippen molar-refractivity contribution in [3.05, 3.63) is 33.7 Å². The summed E-state index contributed by atoms with van der Waals surface area (Å²) in [5.41, 5.74) is 1.64. The first-order chi connectivity index (χ1) is 13.9. The van der Waals surface area contributed by atoms with E-state index in [0.29, 0.717) is 25.0 Å². The summed E-state index contributed by atoms with van der Waals surface area (Å²) in [5.74, 6) is 0.800. The molecule has 162 valence electrons. The van der Waals surface area contributed by atoms with E-state index in [1.807, 2.05) is 19.1 Å². The molecule has 0 aromatic carbocycles. The molecule has 4 rings (SSSR count). The van der Waals surface area contributed by atoms with Gasteiger partial charge >= 0.3 is 0 Å². The molecular weight excluding hydrogens is 388 g/mol. The maximum Gasteiger partial charge on any atom is 0.254 e. The number of nitrogens with zero attached hydrogens (tertiary/aromatic N) is 1. The summed E-state index contributed by atoms with van der Waals surface area (Å²) in [6.45, 7) is 4.45. The normalized spacial score (nSPS) is 30.1. The van der Waals surface area contributed by atoms with Crippen LogP contribution in [0.5, 0.6) is 0 Å². The van der Waals surface area contributed by atoms with Crippen LogP contribution in [-0.2, 0) is 21.2 Å². The van der Waals surface area contributed by atoms with Gasteiger partial charge in [0.05, 0.1) is 24.0 Å². The second kappa shape index (κ2) is 8.52. The van der Waals surface area contributed by atoms with Crippen LogP contribution in [0.2, 0.25) is 0 Å². The first-order valence-corrected chi connectivity index (χ1v) is 12.8. The number of hydrogen-bond donors (Lipinski definition) is 1. The minimum Gasteiger partial charge on any atom is -0.376 e. The zero-order chi connectivity index (χ0) is 20.6. The topological polar surface area (TPSA) is 77.4 Å². The summed E-state index contributed by atoms with van der Waals surface area (Å²) >= 11 is 0. The molecule has 2 atom stereocenters. The lowest BCUT2D eigenvalue weighted by atomic mass is 9.86. The van der Waals surface area contributed by atoms with Crippen molar-refractivity contribution in [1.82, 2.24) is 9.29 Å². The fraction of sp³-hybridized carbons (Fsp3) is 0.773. The molecule has 0 amide bonds. The fourth-order valence-electron chi connectivity index (χ4n) is 4.89. The van der Waals surface area contributed by atoms with Crippen molar-refractivity contribution in [3.8, 4) is 0 Å². The molecule has 2 aliphatic carbocycles. The van der Waals surface area contributed by atoms with E-state index in [4.69, 9.17) is 4.74 Å². The summed E-state index contributed by atoms with van der Waals surface area (Å²) in [6, 6.07) is 3.29. The number of nitrogens with one attached hydrogen (secondary N) is 1. The van der Waals surface area contributed by atoms with Crippen LogP contribution in [0.1, 0.15) is 75.6 Å². The lowest BCUT2D eigenvalue weighted by molar-refractivity contribution is -0.00695. The predicted octanol–water partition coefficient (Wildman–Crippen LogP) is 3.08. The van der Waals surface area contributed by atoms with Gasteiger partial charge in [0.15, 0.2) is 0 Å². The predicted molar refractivity (Wildman–Crippen MR) is 114 cm³/mol. The fourth-order valence-corrected chi connectivity index (χ4v) is 6.54. The second-order valence-electron chi connectivity index (χ2n) is 9.14. The van der Waals surface area contributed by atoms with E-state index in [1.165, 1.54) is 19.3 Å². The van der Waals surface area contributed by atoms with Crippen molar-refractivity contribution in [1.29, 1.82) is 0 Å². The summed E-state index contributed by atoms with van der Waals surface area (Å²) in [4.78, 5) is 12.9. The molecule has 6 nitrogen and oxygen atoms in total. The summed E-state index contributed by atoms with van der Waals surface area (Å²) < 4.78 is 36.2. The molecule has 3 aliphatic rings. The van der Waals surface area contributed by atoms with Gasteiger partial charge < -0.3 is 9.30 Å². The Morgan fingerprint density at radius 1 is 1.10 bits per heavy atom. The van der Waals surface area contributed by atoms with Gasteiger partial charge in [0.1, 0.15) is 0 Å². The molecule has 1 aromatic rings. The maximum atomic E-state index is 12.9. The molecule has 0 radical (unpaired) electrons. The van der Waals surface area contributed by atoms with E-state index in [9.17, 15) is 13.2 Å². The van der Waals surface area contributed by atoms with Crippen molar-refractivity contribution in [2.45, 2.75) is 95.1 Å². The molecule has 1 aromatic heterocycles. The zero-order valence-corrected chi connectivity index (χ0v) is 18.4. The largest absolute Gasteiger partial charge is 0.376 e. The van der Waals surface area contributed by atoms with E-state index in [2.05, 4.69) is 11.6 Å². The van der Waals surface area contributed by atoms with E-state index in [1.54, 1.807) is 4.57 Å². The molecule has 0 saturated heterocycles. The van der Waals surface area contributed by atoms with Crippen molar-refractivity contribution in [2.24, 2.45) is 5.92 Å². The standard InChI is InChI=1S/C22H34N2O4S/c1-3-16-5-9-18(10-6-16)28-14-21-20(23-29(26,27)19-11-12-19)13-8-17-7-4-15(2)22(25)24(17)21/h4,7,16,18-21,23H,3,5-6,8-14H2,1-2H3. The minimum absolute atomic E-state index is 0.0267. The highest BCUT2D eigenvalue weighted by Gasteiger charge is 2.40. The van der Waals surface area contributed by atoms with Gasteiger partial charge in [0.25, 0.3) is 5.56 Å². The Labute approximate surface area is 174 Å². The first-order valence-electron chi connectivity index (χ1n) is 11.2. The number of ether oxygens (including phenoxy) is 1. The molecule has 2 unspecified atom stereocenters. The molecule has 2 saturated carbocycles. The molecule has 29 heavy (non-hydrogen) atoms.